The Balaban J connectivity index is 1.80. The van der Waals surface area contributed by atoms with Crippen LogP contribution in [-0.4, -0.2) is 11.8 Å². The van der Waals surface area contributed by atoms with E-state index in [9.17, 15) is 9.59 Å². The molecule has 0 fully saturated rings. The van der Waals surface area contributed by atoms with Gasteiger partial charge in [0.2, 0.25) is 0 Å². The Morgan fingerprint density at radius 2 is 1.48 bits per heavy atom. The molecule has 1 aliphatic rings. The number of para-hydroxylation sites is 1. The van der Waals surface area contributed by atoms with E-state index in [1.54, 1.807) is 24.3 Å². The van der Waals surface area contributed by atoms with Crippen molar-refractivity contribution in [3.05, 3.63) is 100 Å². The number of anilines is 2. The maximum absolute atomic E-state index is 13.5. The number of benzene rings is 3. The SMILES string of the molecule is Cc1ccccc1NC1=C(c2ccc(Cl)cc2)C(=O)N(c2ccc(C(C)C)cc2)C1=O. The minimum absolute atomic E-state index is 0.259. The summed E-state index contributed by atoms with van der Waals surface area (Å²) in [5.74, 6) is -0.378. The number of carbonyl (C=O) groups is 2. The monoisotopic (exact) mass is 430 g/mol. The molecule has 0 unspecified atom stereocenters. The molecule has 0 saturated carbocycles. The molecule has 0 spiro atoms. The van der Waals surface area contributed by atoms with Gasteiger partial charge in [-0.1, -0.05) is 67.9 Å². The number of imide groups is 1. The Kier molecular flexibility index (Phi) is 5.66. The Labute approximate surface area is 187 Å². The number of carbonyl (C=O) groups excluding carboxylic acids is 2. The fraction of sp³-hybridized carbons (Fsp3) is 0.154. The third-order valence-electron chi connectivity index (χ3n) is 5.44. The second-order valence-electron chi connectivity index (χ2n) is 7.89. The molecule has 1 N–H and O–H groups in total. The van der Waals surface area contributed by atoms with E-state index >= 15 is 0 Å². The summed E-state index contributed by atoms with van der Waals surface area (Å²) in [6, 6.07) is 22.2. The van der Waals surface area contributed by atoms with Gasteiger partial charge in [0, 0.05) is 10.7 Å². The lowest BCUT2D eigenvalue weighted by Crippen LogP contribution is -2.32. The molecule has 4 nitrogen and oxygen atoms in total. The van der Waals surface area contributed by atoms with Gasteiger partial charge in [-0.2, -0.15) is 0 Å². The minimum Gasteiger partial charge on any atom is -0.350 e. The average Bonchev–Trinajstić information content (AvgIpc) is 3.00. The van der Waals surface area contributed by atoms with Gasteiger partial charge in [0.25, 0.3) is 11.8 Å². The standard InChI is InChI=1S/C26H23ClN2O2/c1-16(2)18-10-14-21(15-11-18)29-25(30)23(19-8-12-20(27)13-9-19)24(26(29)31)28-22-7-5-4-6-17(22)3/h4-16,28H,1-3H3. The van der Waals surface area contributed by atoms with Crippen molar-refractivity contribution in [1.82, 2.24) is 0 Å². The first kappa shape index (κ1) is 20.9. The fourth-order valence-electron chi connectivity index (χ4n) is 3.62. The van der Waals surface area contributed by atoms with Crippen LogP contribution in [0.2, 0.25) is 5.02 Å². The molecule has 0 atom stereocenters. The van der Waals surface area contributed by atoms with Crippen LogP contribution in [0.3, 0.4) is 0 Å². The number of halogens is 1. The van der Waals surface area contributed by atoms with Crippen LogP contribution in [0.5, 0.6) is 0 Å². The summed E-state index contributed by atoms with van der Waals surface area (Å²) < 4.78 is 0. The van der Waals surface area contributed by atoms with Gasteiger partial charge in [-0.3, -0.25) is 9.59 Å². The summed E-state index contributed by atoms with van der Waals surface area (Å²) in [6.07, 6.45) is 0. The molecule has 0 aliphatic carbocycles. The van der Waals surface area contributed by atoms with Gasteiger partial charge in [-0.05, 0) is 59.9 Å². The van der Waals surface area contributed by atoms with Crippen LogP contribution >= 0.6 is 11.6 Å². The fourth-order valence-corrected chi connectivity index (χ4v) is 3.75. The Bertz CT molecular complexity index is 1180. The lowest BCUT2D eigenvalue weighted by molar-refractivity contribution is -0.120. The predicted molar refractivity (Wildman–Crippen MR) is 126 cm³/mol. The first-order valence-electron chi connectivity index (χ1n) is 10.2. The van der Waals surface area contributed by atoms with Gasteiger partial charge in [0.1, 0.15) is 5.70 Å². The molecule has 31 heavy (non-hydrogen) atoms. The third-order valence-corrected chi connectivity index (χ3v) is 5.69. The van der Waals surface area contributed by atoms with Crippen LogP contribution in [0.15, 0.2) is 78.5 Å². The van der Waals surface area contributed by atoms with Crippen molar-refractivity contribution in [3.8, 4) is 0 Å². The number of hydrogen-bond donors (Lipinski definition) is 1. The summed E-state index contributed by atoms with van der Waals surface area (Å²) in [4.78, 5) is 28.2. The number of hydrogen-bond acceptors (Lipinski definition) is 3. The van der Waals surface area contributed by atoms with E-state index in [1.807, 2.05) is 55.5 Å². The second kappa shape index (κ2) is 8.40. The molecule has 0 aromatic heterocycles. The first-order valence-corrected chi connectivity index (χ1v) is 10.6. The molecular weight excluding hydrogens is 408 g/mol. The highest BCUT2D eigenvalue weighted by atomic mass is 35.5. The molecule has 0 radical (unpaired) electrons. The van der Waals surface area contributed by atoms with Crippen LogP contribution in [0.1, 0.15) is 36.5 Å². The predicted octanol–water partition coefficient (Wildman–Crippen LogP) is 6.17. The highest BCUT2D eigenvalue weighted by molar-refractivity contribution is 6.46. The van der Waals surface area contributed by atoms with E-state index in [0.29, 0.717) is 27.8 Å². The molecule has 4 rings (SSSR count). The molecule has 3 aromatic carbocycles. The van der Waals surface area contributed by atoms with Crippen LogP contribution < -0.4 is 10.2 Å². The van der Waals surface area contributed by atoms with E-state index in [-0.39, 0.29) is 17.5 Å². The largest absolute Gasteiger partial charge is 0.350 e. The lowest BCUT2D eigenvalue weighted by Gasteiger charge is -2.17. The summed E-state index contributed by atoms with van der Waals surface area (Å²) in [5.41, 5.74) is 4.68. The summed E-state index contributed by atoms with van der Waals surface area (Å²) >= 11 is 6.04. The Hall–Kier alpha value is -3.37. The topological polar surface area (TPSA) is 49.4 Å². The van der Waals surface area contributed by atoms with Gasteiger partial charge in [0.15, 0.2) is 0 Å². The number of aryl methyl sites for hydroxylation is 1. The lowest BCUT2D eigenvalue weighted by atomic mass is 10.0. The zero-order chi connectivity index (χ0) is 22.1. The zero-order valence-corrected chi connectivity index (χ0v) is 18.4. The van der Waals surface area contributed by atoms with Crippen molar-refractivity contribution in [2.75, 3.05) is 10.2 Å². The molecule has 0 saturated heterocycles. The van der Waals surface area contributed by atoms with Crippen molar-refractivity contribution < 1.29 is 9.59 Å². The maximum Gasteiger partial charge on any atom is 0.282 e. The van der Waals surface area contributed by atoms with Crippen molar-refractivity contribution in [2.24, 2.45) is 0 Å². The number of amides is 2. The summed E-state index contributed by atoms with van der Waals surface area (Å²) in [6.45, 7) is 6.16. The first-order chi connectivity index (χ1) is 14.9. The smallest absolute Gasteiger partial charge is 0.282 e. The quantitative estimate of drug-likeness (QED) is 0.492. The summed E-state index contributed by atoms with van der Waals surface area (Å²) in [5, 5.41) is 3.78. The normalized spacial score (nSPS) is 14.0. The number of nitrogens with zero attached hydrogens (tertiary/aromatic N) is 1. The van der Waals surface area contributed by atoms with Crippen LogP contribution in [0.25, 0.3) is 5.57 Å². The molecule has 3 aromatic rings. The van der Waals surface area contributed by atoms with Crippen molar-refractivity contribution in [1.29, 1.82) is 0 Å². The molecular formula is C26H23ClN2O2. The molecule has 2 amide bonds. The maximum atomic E-state index is 13.5. The Morgan fingerprint density at radius 3 is 2.10 bits per heavy atom. The average molecular weight is 431 g/mol. The highest BCUT2D eigenvalue weighted by Gasteiger charge is 2.40. The molecule has 1 heterocycles. The van der Waals surface area contributed by atoms with Gasteiger partial charge in [-0.15, -0.1) is 0 Å². The highest BCUT2D eigenvalue weighted by Crippen LogP contribution is 2.35. The van der Waals surface area contributed by atoms with Gasteiger partial charge < -0.3 is 5.32 Å². The van der Waals surface area contributed by atoms with Gasteiger partial charge in [0.05, 0.1) is 11.3 Å². The Morgan fingerprint density at radius 1 is 0.839 bits per heavy atom. The minimum atomic E-state index is -0.379. The zero-order valence-electron chi connectivity index (χ0n) is 17.6. The van der Waals surface area contributed by atoms with Gasteiger partial charge in [-0.25, -0.2) is 4.90 Å². The molecule has 156 valence electrons. The van der Waals surface area contributed by atoms with Crippen LogP contribution in [0, 0.1) is 6.92 Å². The van der Waals surface area contributed by atoms with Crippen LogP contribution in [0.4, 0.5) is 11.4 Å². The van der Waals surface area contributed by atoms with Crippen LogP contribution in [-0.2, 0) is 9.59 Å². The van der Waals surface area contributed by atoms with E-state index in [2.05, 4.69) is 19.2 Å². The van der Waals surface area contributed by atoms with E-state index in [0.717, 1.165) is 16.8 Å². The summed E-state index contributed by atoms with van der Waals surface area (Å²) in [7, 11) is 0. The van der Waals surface area contributed by atoms with Gasteiger partial charge >= 0.3 is 0 Å². The van der Waals surface area contributed by atoms with Crippen molar-refractivity contribution in [2.45, 2.75) is 26.7 Å². The number of rotatable bonds is 5. The number of nitrogens with one attached hydrogen (secondary N) is 1. The molecule has 1 aliphatic heterocycles. The van der Waals surface area contributed by atoms with E-state index in [4.69, 9.17) is 11.6 Å². The third kappa shape index (κ3) is 3.99. The van der Waals surface area contributed by atoms with E-state index < -0.39 is 0 Å². The van der Waals surface area contributed by atoms with Crippen molar-refractivity contribution >= 4 is 40.4 Å². The second-order valence-corrected chi connectivity index (χ2v) is 8.33. The van der Waals surface area contributed by atoms with E-state index in [1.165, 1.54) is 4.90 Å². The molecule has 5 heteroatoms. The molecule has 0 bridgehead atoms. The van der Waals surface area contributed by atoms with Crippen molar-refractivity contribution in [3.63, 3.8) is 0 Å².